The number of rotatable bonds is 2. The van der Waals surface area contributed by atoms with E-state index in [4.69, 9.17) is 0 Å². The molecule has 0 fully saturated rings. The summed E-state index contributed by atoms with van der Waals surface area (Å²) >= 11 is 0. The van der Waals surface area contributed by atoms with Crippen LogP contribution in [0, 0.1) is 5.21 Å². The first-order valence-corrected chi connectivity index (χ1v) is 5.98. The number of fused-ring (bicyclic) bond motifs is 1. The summed E-state index contributed by atoms with van der Waals surface area (Å²) in [5.41, 5.74) is 3.26. The quantitative estimate of drug-likeness (QED) is 0.568. The van der Waals surface area contributed by atoms with Crippen molar-refractivity contribution >= 4 is 5.69 Å². The molecular weight excluding hydrogens is 210 g/mol. The smallest absolute Gasteiger partial charge is 0.136 e. The minimum absolute atomic E-state index is 0.208. The van der Waals surface area contributed by atoms with Crippen molar-refractivity contribution in [3.05, 3.63) is 70.9 Å². The van der Waals surface area contributed by atoms with Gasteiger partial charge in [0.15, 0.2) is 0 Å². The van der Waals surface area contributed by atoms with Gasteiger partial charge >= 0.3 is 0 Å². The highest BCUT2D eigenvalue weighted by atomic mass is 16.5. The van der Waals surface area contributed by atoms with Crippen molar-refractivity contribution in [1.82, 2.24) is 4.65 Å². The van der Waals surface area contributed by atoms with Crippen LogP contribution in [0.4, 0.5) is 5.69 Å². The predicted octanol–water partition coefficient (Wildman–Crippen LogP) is 3.25. The minimum Gasteiger partial charge on any atom is -0.627 e. The Balaban J connectivity index is 1.94. The van der Waals surface area contributed by atoms with Gasteiger partial charge in [-0.2, -0.15) is 0 Å². The van der Waals surface area contributed by atoms with Crippen molar-refractivity contribution in [3.8, 4) is 0 Å². The van der Waals surface area contributed by atoms with Crippen LogP contribution in [0.25, 0.3) is 0 Å². The molecule has 0 aliphatic carbocycles. The van der Waals surface area contributed by atoms with Gasteiger partial charge in [-0.25, -0.2) is 0 Å². The average Bonchev–Trinajstić information content (AvgIpc) is 2.69. The fraction of sp³-hybridized carbons (Fsp3) is 0.200. The monoisotopic (exact) mass is 225 g/mol. The first kappa shape index (κ1) is 10.5. The molecule has 0 N–H and O–H groups in total. The Bertz CT molecular complexity index is 523. The van der Waals surface area contributed by atoms with Gasteiger partial charge in [0.05, 0.1) is 6.54 Å². The first-order valence-electron chi connectivity index (χ1n) is 5.98. The molecule has 17 heavy (non-hydrogen) atoms. The molecule has 1 aliphatic rings. The summed E-state index contributed by atoms with van der Waals surface area (Å²) in [5, 5.41) is 12.8. The Kier molecular flexibility index (Phi) is 2.46. The van der Waals surface area contributed by atoms with Gasteiger partial charge in [0.25, 0.3) is 0 Å². The fourth-order valence-electron chi connectivity index (χ4n) is 2.58. The summed E-state index contributed by atoms with van der Waals surface area (Å²) in [6, 6.07) is 18.0. The summed E-state index contributed by atoms with van der Waals surface area (Å²) in [4.78, 5) is 0. The van der Waals surface area contributed by atoms with E-state index in [1.807, 2.05) is 48.5 Å². The molecule has 2 nitrogen and oxygen atoms in total. The van der Waals surface area contributed by atoms with Gasteiger partial charge in [0.2, 0.25) is 0 Å². The van der Waals surface area contributed by atoms with Gasteiger partial charge < -0.3 is 9.85 Å². The fourth-order valence-corrected chi connectivity index (χ4v) is 2.58. The number of hydrogen-bond donors (Lipinski definition) is 0. The minimum atomic E-state index is -0.208. The van der Waals surface area contributed by atoms with Crippen LogP contribution in [0.1, 0.15) is 11.1 Å². The van der Waals surface area contributed by atoms with E-state index in [9.17, 15) is 5.21 Å². The van der Waals surface area contributed by atoms with Gasteiger partial charge in [-0.15, -0.1) is 0 Å². The van der Waals surface area contributed by atoms with Crippen molar-refractivity contribution in [2.75, 3.05) is 6.54 Å². The Morgan fingerprint density at radius 1 is 0.941 bits per heavy atom. The maximum absolute atomic E-state index is 12.8. The molecule has 1 heterocycles. The zero-order valence-electron chi connectivity index (χ0n) is 9.67. The van der Waals surface area contributed by atoms with Crippen molar-refractivity contribution in [2.24, 2.45) is 0 Å². The van der Waals surface area contributed by atoms with Gasteiger partial charge in [0.1, 0.15) is 12.2 Å². The van der Waals surface area contributed by atoms with Crippen LogP contribution in [0.15, 0.2) is 54.6 Å². The maximum Gasteiger partial charge on any atom is 0.136 e. The van der Waals surface area contributed by atoms with Crippen molar-refractivity contribution in [3.63, 3.8) is 0 Å². The lowest BCUT2D eigenvalue weighted by Crippen LogP contribution is -2.40. The summed E-state index contributed by atoms with van der Waals surface area (Å²) in [5.74, 6) is 0. The predicted molar refractivity (Wildman–Crippen MR) is 70.3 cm³/mol. The SMILES string of the molecule is [O-][N+]1(Cc2ccccc2)CCc2ccccc21. The van der Waals surface area contributed by atoms with Crippen molar-refractivity contribution < 1.29 is 0 Å². The van der Waals surface area contributed by atoms with E-state index in [0.29, 0.717) is 13.1 Å². The maximum atomic E-state index is 12.8. The molecule has 2 heteroatoms. The van der Waals surface area contributed by atoms with Crippen LogP contribution in [-0.4, -0.2) is 6.54 Å². The Morgan fingerprint density at radius 3 is 2.47 bits per heavy atom. The lowest BCUT2D eigenvalue weighted by atomic mass is 10.1. The standard InChI is InChI=1S/C15H15NO/c17-16(12-13-6-2-1-3-7-13)11-10-14-8-4-5-9-15(14)16/h1-9H,10-12H2. The van der Waals surface area contributed by atoms with E-state index in [1.165, 1.54) is 5.56 Å². The van der Waals surface area contributed by atoms with Crippen LogP contribution in [0.2, 0.25) is 0 Å². The molecule has 0 amide bonds. The third kappa shape index (κ3) is 1.86. The molecule has 1 atom stereocenters. The Morgan fingerprint density at radius 2 is 1.65 bits per heavy atom. The van der Waals surface area contributed by atoms with E-state index in [1.54, 1.807) is 0 Å². The topological polar surface area (TPSA) is 23.1 Å². The molecular formula is C15H15NO. The Labute approximate surface area is 101 Å². The number of hydroxylamine groups is 2. The molecule has 2 aromatic rings. The third-order valence-electron chi connectivity index (χ3n) is 3.45. The normalized spacial score (nSPS) is 22.4. The highest BCUT2D eigenvalue weighted by Gasteiger charge is 2.30. The third-order valence-corrected chi connectivity index (χ3v) is 3.45. The molecule has 1 unspecified atom stereocenters. The van der Waals surface area contributed by atoms with E-state index in [2.05, 4.69) is 6.07 Å². The molecule has 3 rings (SSSR count). The summed E-state index contributed by atoms with van der Waals surface area (Å²) in [6.45, 7) is 1.20. The average molecular weight is 225 g/mol. The molecule has 0 radical (unpaired) electrons. The molecule has 0 saturated heterocycles. The second-order valence-corrected chi connectivity index (χ2v) is 4.64. The largest absolute Gasteiger partial charge is 0.627 e. The molecule has 0 spiro atoms. The molecule has 86 valence electrons. The summed E-state index contributed by atoms with van der Waals surface area (Å²) in [7, 11) is 0. The summed E-state index contributed by atoms with van der Waals surface area (Å²) in [6.07, 6.45) is 0.895. The zero-order chi connectivity index (χ0) is 11.7. The lowest BCUT2D eigenvalue weighted by Gasteiger charge is -2.38. The van der Waals surface area contributed by atoms with E-state index in [0.717, 1.165) is 17.7 Å². The second kappa shape index (κ2) is 3.99. The van der Waals surface area contributed by atoms with Gasteiger partial charge in [-0.05, 0) is 6.07 Å². The van der Waals surface area contributed by atoms with Crippen LogP contribution < -0.4 is 4.65 Å². The van der Waals surface area contributed by atoms with Gasteiger partial charge in [-0.3, -0.25) is 0 Å². The number of nitrogens with zero attached hydrogens (tertiary/aromatic N) is 1. The van der Waals surface area contributed by atoms with Crippen LogP contribution in [0.3, 0.4) is 0 Å². The van der Waals surface area contributed by atoms with E-state index < -0.39 is 0 Å². The number of quaternary nitrogens is 1. The van der Waals surface area contributed by atoms with E-state index in [-0.39, 0.29) is 4.65 Å². The second-order valence-electron chi connectivity index (χ2n) is 4.64. The van der Waals surface area contributed by atoms with Crippen molar-refractivity contribution in [2.45, 2.75) is 13.0 Å². The molecule has 0 aromatic heterocycles. The van der Waals surface area contributed by atoms with Gasteiger partial charge in [-0.1, -0.05) is 48.5 Å². The molecule has 0 bridgehead atoms. The lowest BCUT2D eigenvalue weighted by molar-refractivity contribution is 0.393. The van der Waals surface area contributed by atoms with Gasteiger partial charge in [0, 0.05) is 17.5 Å². The first-order chi connectivity index (χ1) is 8.28. The molecule has 1 aliphatic heterocycles. The summed E-state index contributed by atoms with van der Waals surface area (Å²) < 4.78 is -0.208. The zero-order valence-corrected chi connectivity index (χ0v) is 9.67. The van der Waals surface area contributed by atoms with Crippen LogP contribution in [0.5, 0.6) is 0 Å². The molecule has 0 saturated carbocycles. The van der Waals surface area contributed by atoms with Crippen LogP contribution in [-0.2, 0) is 13.0 Å². The number of hydrogen-bond acceptors (Lipinski definition) is 1. The number of benzene rings is 2. The highest BCUT2D eigenvalue weighted by Crippen LogP contribution is 2.35. The van der Waals surface area contributed by atoms with Crippen LogP contribution >= 0.6 is 0 Å². The highest BCUT2D eigenvalue weighted by molar-refractivity contribution is 5.55. The van der Waals surface area contributed by atoms with E-state index >= 15 is 0 Å². The molecule has 2 aromatic carbocycles. The number of para-hydroxylation sites is 1. The van der Waals surface area contributed by atoms with Crippen molar-refractivity contribution in [1.29, 1.82) is 0 Å². The Hall–Kier alpha value is -1.64.